The first-order valence-electron chi connectivity index (χ1n) is 7.88. The van der Waals surface area contributed by atoms with Gasteiger partial charge in [-0.1, -0.05) is 30.3 Å². The third kappa shape index (κ3) is 4.23. The Labute approximate surface area is 136 Å². The summed E-state index contributed by atoms with van der Waals surface area (Å²) < 4.78 is 0. The summed E-state index contributed by atoms with van der Waals surface area (Å²) in [6.45, 7) is 4.21. The quantitative estimate of drug-likeness (QED) is 0.857. The van der Waals surface area contributed by atoms with Crippen LogP contribution in [-0.4, -0.2) is 42.0 Å². The van der Waals surface area contributed by atoms with Crippen molar-refractivity contribution < 1.29 is 4.79 Å². The van der Waals surface area contributed by atoms with Crippen LogP contribution in [0.25, 0.3) is 0 Å². The average Bonchev–Trinajstić information content (AvgIpc) is 2.58. The number of anilines is 2. The summed E-state index contributed by atoms with van der Waals surface area (Å²) in [6, 6.07) is 17.6. The summed E-state index contributed by atoms with van der Waals surface area (Å²) in [7, 11) is 0. The number of nitrogens with two attached hydrogens (primary N) is 1. The maximum absolute atomic E-state index is 12.3. The first-order chi connectivity index (χ1) is 11.2. The minimum Gasteiger partial charge on any atom is -0.399 e. The zero-order chi connectivity index (χ0) is 16.1. The molecule has 1 fully saturated rings. The molecule has 0 aromatic heterocycles. The molecule has 0 radical (unpaired) electrons. The van der Waals surface area contributed by atoms with Crippen molar-refractivity contribution >= 4 is 17.4 Å². The Bertz CT molecular complexity index is 634. The third-order valence-corrected chi connectivity index (χ3v) is 4.07. The Morgan fingerprint density at radius 3 is 2.26 bits per heavy atom. The van der Waals surface area contributed by atoms with Crippen molar-refractivity contribution in [3.05, 3.63) is 60.2 Å². The number of carbonyl (C=O) groups excluding carboxylic acids is 1. The number of amides is 2. The van der Waals surface area contributed by atoms with Gasteiger partial charge in [0.25, 0.3) is 0 Å². The monoisotopic (exact) mass is 310 g/mol. The van der Waals surface area contributed by atoms with E-state index >= 15 is 0 Å². The van der Waals surface area contributed by atoms with Gasteiger partial charge in [-0.15, -0.1) is 0 Å². The molecule has 1 aliphatic heterocycles. The van der Waals surface area contributed by atoms with Crippen molar-refractivity contribution in [2.45, 2.75) is 6.54 Å². The van der Waals surface area contributed by atoms with Crippen molar-refractivity contribution in [1.82, 2.24) is 9.80 Å². The van der Waals surface area contributed by atoms with E-state index in [0.717, 1.165) is 38.4 Å². The van der Waals surface area contributed by atoms with E-state index in [1.54, 1.807) is 12.1 Å². The number of nitrogens with one attached hydrogen (secondary N) is 1. The first-order valence-corrected chi connectivity index (χ1v) is 7.88. The fourth-order valence-corrected chi connectivity index (χ4v) is 2.72. The second-order valence-corrected chi connectivity index (χ2v) is 5.80. The molecule has 0 saturated carbocycles. The van der Waals surface area contributed by atoms with Crippen LogP contribution in [0.3, 0.4) is 0 Å². The zero-order valence-electron chi connectivity index (χ0n) is 13.1. The molecule has 2 aromatic rings. The summed E-state index contributed by atoms with van der Waals surface area (Å²) in [5.41, 5.74) is 8.43. The highest BCUT2D eigenvalue weighted by atomic mass is 16.2. The van der Waals surface area contributed by atoms with E-state index < -0.39 is 0 Å². The van der Waals surface area contributed by atoms with Gasteiger partial charge in [0.05, 0.1) is 0 Å². The smallest absolute Gasteiger partial charge is 0.321 e. The van der Waals surface area contributed by atoms with E-state index in [4.69, 9.17) is 5.73 Å². The normalized spacial score (nSPS) is 15.4. The molecule has 2 amide bonds. The molecular formula is C18H22N4O. The minimum absolute atomic E-state index is 0.0471. The maximum Gasteiger partial charge on any atom is 0.321 e. The molecule has 0 atom stereocenters. The lowest BCUT2D eigenvalue weighted by Gasteiger charge is -2.34. The molecule has 2 aromatic carbocycles. The highest BCUT2D eigenvalue weighted by Crippen LogP contribution is 2.13. The number of urea groups is 1. The Balaban J connectivity index is 1.48. The van der Waals surface area contributed by atoms with Gasteiger partial charge in [-0.05, 0) is 29.8 Å². The molecule has 1 heterocycles. The molecule has 5 heteroatoms. The maximum atomic E-state index is 12.3. The van der Waals surface area contributed by atoms with Gasteiger partial charge in [0.1, 0.15) is 0 Å². The lowest BCUT2D eigenvalue weighted by atomic mass is 10.2. The van der Waals surface area contributed by atoms with Gasteiger partial charge < -0.3 is 16.0 Å². The molecule has 1 aliphatic rings. The number of hydrogen-bond acceptors (Lipinski definition) is 3. The fourth-order valence-electron chi connectivity index (χ4n) is 2.72. The fraction of sp³-hybridized carbons (Fsp3) is 0.278. The highest BCUT2D eigenvalue weighted by Gasteiger charge is 2.21. The van der Waals surface area contributed by atoms with Crippen LogP contribution in [0, 0.1) is 0 Å². The third-order valence-electron chi connectivity index (χ3n) is 4.07. The predicted molar refractivity (Wildman–Crippen MR) is 93.2 cm³/mol. The van der Waals surface area contributed by atoms with Crippen LogP contribution in [0.5, 0.6) is 0 Å². The molecule has 0 bridgehead atoms. The molecule has 0 aliphatic carbocycles. The first kappa shape index (κ1) is 15.4. The lowest BCUT2D eigenvalue weighted by Crippen LogP contribution is -2.49. The number of carbonyl (C=O) groups is 1. The number of nitrogens with zero attached hydrogens (tertiary/aromatic N) is 2. The Hall–Kier alpha value is -2.53. The van der Waals surface area contributed by atoms with Crippen LogP contribution in [-0.2, 0) is 6.54 Å². The van der Waals surface area contributed by atoms with Gasteiger partial charge in [0, 0.05) is 44.1 Å². The Kier molecular flexibility index (Phi) is 4.78. The van der Waals surface area contributed by atoms with Crippen LogP contribution in [0.4, 0.5) is 16.2 Å². The van der Waals surface area contributed by atoms with E-state index in [9.17, 15) is 4.79 Å². The number of nitrogen functional groups attached to an aromatic ring is 1. The zero-order valence-corrected chi connectivity index (χ0v) is 13.1. The Morgan fingerprint density at radius 1 is 0.957 bits per heavy atom. The van der Waals surface area contributed by atoms with Crippen LogP contribution >= 0.6 is 0 Å². The average molecular weight is 310 g/mol. The second-order valence-electron chi connectivity index (χ2n) is 5.80. The highest BCUT2D eigenvalue weighted by molar-refractivity contribution is 5.89. The number of benzene rings is 2. The molecule has 23 heavy (non-hydrogen) atoms. The van der Waals surface area contributed by atoms with E-state index in [-0.39, 0.29) is 6.03 Å². The predicted octanol–water partition coefficient (Wildman–Crippen LogP) is 2.62. The number of piperazine rings is 1. The summed E-state index contributed by atoms with van der Waals surface area (Å²) in [5.74, 6) is 0. The van der Waals surface area contributed by atoms with E-state index in [1.165, 1.54) is 5.56 Å². The van der Waals surface area contributed by atoms with Crippen molar-refractivity contribution in [3.63, 3.8) is 0 Å². The Morgan fingerprint density at radius 2 is 1.61 bits per heavy atom. The lowest BCUT2D eigenvalue weighted by molar-refractivity contribution is 0.143. The molecule has 5 nitrogen and oxygen atoms in total. The van der Waals surface area contributed by atoms with Crippen LogP contribution < -0.4 is 11.1 Å². The van der Waals surface area contributed by atoms with Crippen LogP contribution in [0.2, 0.25) is 0 Å². The topological polar surface area (TPSA) is 61.6 Å². The van der Waals surface area contributed by atoms with Crippen molar-refractivity contribution in [1.29, 1.82) is 0 Å². The molecule has 0 spiro atoms. The molecule has 1 saturated heterocycles. The standard InChI is InChI=1S/C18H22N4O/c19-16-6-8-17(9-7-16)20-18(23)22-12-10-21(11-13-22)14-15-4-2-1-3-5-15/h1-9H,10-14,19H2,(H,20,23). The summed E-state index contributed by atoms with van der Waals surface area (Å²) in [4.78, 5) is 16.5. The van der Waals surface area contributed by atoms with E-state index in [0.29, 0.717) is 5.69 Å². The molecular weight excluding hydrogens is 288 g/mol. The van der Waals surface area contributed by atoms with E-state index in [1.807, 2.05) is 23.1 Å². The van der Waals surface area contributed by atoms with E-state index in [2.05, 4.69) is 34.5 Å². The number of hydrogen-bond donors (Lipinski definition) is 2. The van der Waals surface area contributed by atoms with Gasteiger partial charge in [-0.25, -0.2) is 4.79 Å². The van der Waals surface area contributed by atoms with Gasteiger partial charge in [-0.2, -0.15) is 0 Å². The van der Waals surface area contributed by atoms with Gasteiger partial charge in [-0.3, -0.25) is 4.90 Å². The summed E-state index contributed by atoms with van der Waals surface area (Å²) >= 11 is 0. The van der Waals surface area contributed by atoms with Crippen molar-refractivity contribution in [3.8, 4) is 0 Å². The molecule has 3 N–H and O–H groups in total. The largest absolute Gasteiger partial charge is 0.399 e. The van der Waals surface area contributed by atoms with Gasteiger partial charge >= 0.3 is 6.03 Å². The van der Waals surface area contributed by atoms with Crippen molar-refractivity contribution in [2.75, 3.05) is 37.2 Å². The van der Waals surface area contributed by atoms with Crippen LogP contribution in [0.15, 0.2) is 54.6 Å². The summed E-state index contributed by atoms with van der Waals surface area (Å²) in [6.07, 6.45) is 0. The van der Waals surface area contributed by atoms with Gasteiger partial charge in [0.15, 0.2) is 0 Å². The molecule has 3 rings (SSSR count). The van der Waals surface area contributed by atoms with Gasteiger partial charge in [0.2, 0.25) is 0 Å². The summed E-state index contributed by atoms with van der Waals surface area (Å²) in [5, 5.41) is 2.92. The molecule has 0 unspecified atom stereocenters. The van der Waals surface area contributed by atoms with Crippen molar-refractivity contribution in [2.24, 2.45) is 0 Å². The van der Waals surface area contributed by atoms with Crippen LogP contribution in [0.1, 0.15) is 5.56 Å². The minimum atomic E-state index is -0.0471. The number of rotatable bonds is 3. The molecule has 120 valence electrons. The SMILES string of the molecule is Nc1ccc(NC(=O)N2CCN(Cc3ccccc3)CC2)cc1. The second kappa shape index (κ2) is 7.15.